The molecular weight excluding hydrogens is 617 g/mol. The van der Waals surface area contributed by atoms with Gasteiger partial charge in [-0.3, -0.25) is 24.3 Å². The van der Waals surface area contributed by atoms with Crippen molar-refractivity contribution in [2.45, 2.75) is 51.8 Å². The Bertz CT molecular complexity index is 1980. The first-order valence-corrected chi connectivity index (χ1v) is 15.6. The third-order valence-electron chi connectivity index (χ3n) is 6.73. The largest absolute Gasteiger partial charge is 0.444 e. The number of hydrogen-bond donors (Lipinski definition) is 3. The minimum Gasteiger partial charge on any atom is -0.444 e. The fourth-order valence-electron chi connectivity index (χ4n) is 4.77. The molecule has 13 nitrogen and oxygen atoms in total. The third kappa shape index (κ3) is 6.73. The first kappa shape index (κ1) is 30.0. The zero-order valence-electron chi connectivity index (χ0n) is 24.5. The third-order valence-corrected chi connectivity index (χ3v) is 8.80. The van der Waals surface area contributed by atoms with Gasteiger partial charge in [0.1, 0.15) is 34.0 Å². The van der Waals surface area contributed by atoms with Gasteiger partial charge < -0.3 is 15.4 Å². The summed E-state index contributed by atoms with van der Waals surface area (Å²) in [6.07, 6.45) is 3.20. The number of nitrogens with one attached hydrogen (secondary N) is 3. The van der Waals surface area contributed by atoms with Crippen molar-refractivity contribution in [2.75, 3.05) is 10.6 Å². The number of benzene rings is 1. The van der Waals surface area contributed by atoms with Crippen LogP contribution in [0.15, 0.2) is 59.7 Å². The van der Waals surface area contributed by atoms with Crippen LogP contribution in [0.1, 0.15) is 53.7 Å². The van der Waals surface area contributed by atoms with E-state index in [1.165, 1.54) is 22.1 Å². The van der Waals surface area contributed by atoms with Crippen LogP contribution >= 0.6 is 22.7 Å². The molecule has 0 radical (unpaired) electrons. The number of carbonyl (C=O) groups excluding carboxylic acids is 3. The highest BCUT2D eigenvalue weighted by molar-refractivity contribution is 7.19. The van der Waals surface area contributed by atoms with E-state index in [1.54, 1.807) is 33.0 Å². The van der Waals surface area contributed by atoms with E-state index in [1.807, 2.05) is 36.4 Å². The van der Waals surface area contributed by atoms with E-state index in [4.69, 9.17) is 4.74 Å². The summed E-state index contributed by atoms with van der Waals surface area (Å²) in [7, 11) is 0. The Labute approximate surface area is 264 Å². The number of nitrogens with zero attached hydrogens (tertiary/aromatic N) is 5. The second-order valence-corrected chi connectivity index (χ2v) is 13.4. The lowest BCUT2D eigenvalue weighted by Crippen LogP contribution is -2.36. The normalized spacial score (nSPS) is 14.2. The topological polar surface area (TPSA) is 170 Å². The molecule has 0 unspecified atom stereocenters. The molecule has 1 aliphatic rings. The highest BCUT2D eigenvalue weighted by Crippen LogP contribution is 2.29. The van der Waals surface area contributed by atoms with Crippen molar-refractivity contribution in [2.24, 2.45) is 0 Å². The zero-order chi connectivity index (χ0) is 31.7. The maximum atomic E-state index is 13.4. The van der Waals surface area contributed by atoms with Gasteiger partial charge in [-0.05, 0) is 39.3 Å². The molecule has 4 aromatic heterocycles. The Kier molecular flexibility index (Phi) is 8.12. The van der Waals surface area contributed by atoms with E-state index in [-0.39, 0.29) is 23.1 Å². The van der Waals surface area contributed by atoms with E-state index in [0.29, 0.717) is 29.5 Å². The van der Waals surface area contributed by atoms with Gasteiger partial charge in [0.2, 0.25) is 10.9 Å². The fourth-order valence-corrected chi connectivity index (χ4v) is 6.53. The summed E-state index contributed by atoms with van der Waals surface area (Å²) in [4.78, 5) is 61.1. The number of amides is 3. The lowest BCUT2D eigenvalue weighted by Gasteiger charge is -2.19. The van der Waals surface area contributed by atoms with Crippen molar-refractivity contribution in [3.63, 3.8) is 0 Å². The van der Waals surface area contributed by atoms with Gasteiger partial charge in [0.05, 0.1) is 12.7 Å². The summed E-state index contributed by atoms with van der Waals surface area (Å²) >= 11 is 2.55. The van der Waals surface area contributed by atoms with Gasteiger partial charge in [-0.1, -0.05) is 41.7 Å². The van der Waals surface area contributed by atoms with Crippen LogP contribution < -0.4 is 21.5 Å². The molecule has 1 aromatic carbocycles. The van der Waals surface area contributed by atoms with Crippen molar-refractivity contribution < 1.29 is 19.1 Å². The molecule has 1 atom stereocenters. The van der Waals surface area contributed by atoms with Crippen LogP contribution in [0.4, 0.5) is 16.3 Å². The summed E-state index contributed by atoms with van der Waals surface area (Å²) < 4.78 is 7.49. The van der Waals surface area contributed by atoms with Gasteiger partial charge in [0, 0.05) is 33.1 Å². The Hall–Kier alpha value is -5.02. The maximum Gasteiger partial charge on any atom is 0.413 e. The molecule has 45 heavy (non-hydrogen) atoms. The number of carbonyl (C=O) groups is 3. The fraction of sp³-hybridized carbons (Fsp3) is 0.267. The predicted octanol–water partition coefficient (Wildman–Crippen LogP) is 4.77. The lowest BCUT2D eigenvalue weighted by molar-refractivity contribution is -0.124. The summed E-state index contributed by atoms with van der Waals surface area (Å²) in [5.41, 5.74) is -0.370. The molecule has 0 spiro atoms. The van der Waals surface area contributed by atoms with Crippen LogP contribution in [0.3, 0.4) is 0 Å². The molecule has 6 rings (SSSR count). The Balaban J connectivity index is 1.11. The van der Waals surface area contributed by atoms with Crippen molar-refractivity contribution in [1.82, 2.24) is 30.0 Å². The number of rotatable bonds is 7. The number of thiophene rings is 1. The standard InChI is InChI=1S/C30H28N8O5S2/c1-30(2,3)43-29(42)35-22-12-21-17(13-31-22)11-18(44-21)14-33-24(39)20-9-10-23-32-15-19(28(41)38(20)23)34-25(40)27-37-36-26(45-27)16-7-5-4-6-8-16/h4-8,11-13,15,20H,9-10,14H2,1-3H3,(H,33,39)(H,34,40)(H,31,35,42)/t20-/m0/s1. The van der Waals surface area contributed by atoms with E-state index < -0.39 is 29.2 Å². The van der Waals surface area contributed by atoms with Crippen LogP contribution in [-0.4, -0.2) is 48.2 Å². The molecule has 3 N–H and O–H groups in total. The molecule has 230 valence electrons. The molecule has 0 saturated carbocycles. The van der Waals surface area contributed by atoms with E-state index >= 15 is 0 Å². The van der Waals surface area contributed by atoms with Crippen molar-refractivity contribution in [3.8, 4) is 10.6 Å². The predicted molar refractivity (Wildman–Crippen MR) is 170 cm³/mol. The van der Waals surface area contributed by atoms with Crippen LogP contribution in [0.25, 0.3) is 20.7 Å². The van der Waals surface area contributed by atoms with Crippen LogP contribution in [-0.2, 0) is 22.5 Å². The molecular formula is C30H28N8O5S2. The van der Waals surface area contributed by atoms with Gasteiger partial charge in [-0.15, -0.1) is 21.5 Å². The average Bonchev–Trinajstić information content (AvgIpc) is 3.75. The van der Waals surface area contributed by atoms with E-state index in [9.17, 15) is 19.2 Å². The molecule has 0 fully saturated rings. The van der Waals surface area contributed by atoms with Gasteiger partial charge >= 0.3 is 6.09 Å². The molecule has 0 bridgehead atoms. The van der Waals surface area contributed by atoms with Crippen molar-refractivity contribution >= 4 is 62.2 Å². The first-order valence-electron chi connectivity index (χ1n) is 14.0. The van der Waals surface area contributed by atoms with Gasteiger partial charge in [0.25, 0.3) is 11.5 Å². The minimum absolute atomic E-state index is 0.0484. The number of ether oxygens (including phenoxy) is 1. The SMILES string of the molecule is CC(C)(C)OC(=O)Nc1cc2sc(CNC(=O)[C@@H]3CCc4ncc(NC(=O)c5nnc(-c6ccccc6)s5)c(=O)n43)cc2cn1. The number of aryl methyl sites for hydroxylation is 1. The monoisotopic (exact) mass is 644 g/mol. The molecule has 1 aliphatic heterocycles. The van der Waals surface area contributed by atoms with Crippen LogP contribution in [0.2, 0.25) is 0 Å². The van der Waals surface area contributed by atoms with Gasteiger partial charge in [-0.2, -0.15) is 0 Å². The number of pyridine rings is 1. The highest BCUT2D eigenvalue weighted by atomic mass is 32.1. The summed E-state index contributed by atoms with van der Waals surface area (Å²) in [5, 5.41) is 17.7. The molecule has 5 aromatic rings. The van der Waals surface area contributed by atoms with Gasteiger partial charge in [-0.25, -0.2) is 14.8 Å². The number of anilines is 2. The van der Waals surface area contributed by atoms with E-state index in [0.717, 1.165) is 31.9 Å². The summed E-state index contributed by atoms with van der Waals surface area (Å²) in [6, 6.07) is 12.2. The lowest BCUT2D eigenvalue weighted by atomic mass is 10.2. The Morgan fingerprint density at radius 3 is 2.60 bits per heavy atom. The Morgan fingerprint density at radius 1 is 1.02 bits per heavy atom. The number of aromatic nitrogens is 5. The average molecular weight is 645 g/mol. The molecule has 15 heteroatoms. The van der Waals surface area contributed by atoms with Gasteiger partial charge in [0.15, 0.2) is 0 Å². The molecule has 0 saturated heterocycles. The Morgan fingerprint density at radius 2 is 1.82 bits per heavy atom. The second-order valence-electron chi connectivity index (χ2n) is 11.2. The summed E-state index contributed by atoms with van der Waals surface area (Å²) in [6.45, 7) is 5.57. The summed E-state index contributed by atoms with van der Waals surface area (Å²) in [5.74, 6) is -0.0925. The van der Waals surface area contributed by atoms with E-state index in [2.05, 4.69) is 36.1 Å². The molecule has 3 amide bonds. The number of fused-ring (bicyclic) bond motifs is 2. The number of hydrogen-bond acceptors (Lipinski definition) is 11. The molecule has 5 heterocycles. The minimum atomic E-state index is -0.774. The smallest absolute Gasteiger partial charge is 0.413 e. The van der Waals surface area contributed by atoms with Crippen molar-refractivity contribution in [3.05, 3.63) is 80.9 Å². The first-order chi connectivity index (χ1) is 21.5. The highest BCUT2D eigenvalue weighted by Gasteiger charge is 2.31. The van der Waals surface area contributed by atoms with Crippen LogP contribution in [0.5, 0.6) is 0 Å². The van der Waals surface area contributed by atoms with Crippen molar-refractivity contribution in [1.29, 1.82) is 0 Å². The molecule has 0 aliphatic carbocycles. The quantitative estimate of drug-likeness (QED) is 0.226. The zero-order valence-corrected chi connectivity index (χ0v) is 26.1. The second kappa shape index (κ2) is 12.2. The van der Waals surface area contributed by atoms with Crippen LogP contribution in [0, 0.1) is 0 Å². The maximum absolute atomic E-state index is 13.4.